The van der Waals surface area contributed by atoms with Gasteiger partial charge in [-0.3, -0.25) is 14.4 Å². The number of Topliss-reactive ketones (excluding diaryl/α,β-unsaturated/α-hetero) is 2. The van der Waals surface area contributed by atoms with Crippen LogP contribution < -0.4 is 10.6 Å². The van der Waals surface area contributed by atoms with Crippen LogP contribution >= 0.6 is 0 Å². The van der Waals surface area contributed by atoms with E-state index in [1.807, 2.05) is 19.0 Å². The van der Waals surface area contributed by atoms with Crippen molar-refractivity contribution in [1.29, 1.82) is 0 Å². The number of hydrogen-bond acceptors (Lipinski definition) is 10. The largest absolute Gasteiger partial charge is 0.511 e. The predicted octanol–water partition coefficient (Wildman–Crippen LogP) is 0.643. The summed E-state index contributed by atoms with van der Waals surface area (Å²) in [7, 11) is 3.89. The summed E-state index contributed by atoms with van der Waals surface area (Å²) in [6, 6.07) is 3.58. The topological polar surface area (TPSA) is 185 Å². The molecular formula is C27H33N3O8. The van der Waals surface area contributed by atoms with Crippen molar-refractivity contribution in [2.45, 2.75) is 49.9 Å². The molecule has 0 spiro atoms. The Hall–Kier alpha value is -3.41. The van der Waals surface area contributed by atoms with Crippen LogP contribution in [0.4, 0.5) is 5.69 Å². The molecule has 1 heterocycles. The van der Waals surface area contributed by atoms with Crippen molar-refractivity contribution in [2.24, 2.45) is 17.6 Å². The van der Waals surface area contributed by atoms with Gasteiger partial charge in [-0.05, 0) is 50.5 Å². The van der Waals surface area contributed by atoms with Gasteiger partial charge < -0.3 is 41.1 Å². The van der Waals surface area contributed by atoms with E-state index in [9.17, 15) is 39.9 Å². The van der Waals surface area contributed by atoms with Crippen LogP contribution in [-0.4, -0.2) is 92.8 Å². The molecule has 7 N–H and O–H groups in total. The summed E-state index contributed by atoms with van der Waals surface area (Å²) in [6.07, 6.45) is -0.308. The van der Waals surface area contributed by atoms with Crippen molar-refractivity contribution in [1.82, 2.24) is 4.90 Å². The van der Waals surface area contributed by atoms with Crippen molar-refractivity contribution in [3.8, 4) is 5.75 Å². The summed E-state index contributed by atoms with van der Waals surface area (Å²) in [4.78, 5) is 43.0. The lowest BCUT2D eigenvalue weighted by Crippen LogP contribution is -2.62. The van der Waals surface area contributed by atoms with Gasteiger partial charge in [0.25, 0.3) is 5.91 Å². The summed E-state index contributed by atoms with van der Waals surface area (Å²) < 4.78 is 0. The maximum atomic E-state index is 13.9. The summed E-state index contributed by atoms with van der Waals surface area (Å²) in [5, 5.41) is 55.7. The van der Waals surface area contributed by atoms with E-state index in [0.717, 1.165) is 25.9 Å². The van der Waals surface area contributed by atoms with E-state index in [0.29, 0.717) is 11.3 Å². The number of allylic oxidation sites excluding steroid dienone is 1. The smallest absolute Gasteiger partial charge is 0.255 e. The minimum atomic E-state index is -2.84. The third-order valence-electron chi connectivity index (χ3n) is 9.09. The number of carbonyl (C=O) groups is 3. The molecule has 1 aromatic carbocycles. The second-order valence-electron chi connectivity index (χ2n) is 11.0. The number of nitrogens with zero attached hydrogens (tertiary/aromatic N) is 2. The van der Waals surface area contributed by atoms with Gasteiger partial charge in [0.2, 0.25) is 5.78 Å². The standard InChI is InChI=1S/C27H33N3O8/c1-11-13-4-5-15(30(3)12-6-8-29(2)9-7-12)22(33)18(13)23(34)20-17(11)21(32)14-10-16(31)19(26(28)37)24(35)27(14,38)25(20)36/h4-5,11-12,14,17,21,31-33,36,38H,6-10H2,1-3H3,(H2,28,37)/t11-,14+,17+,21+,27+/m0/s1. The molecule has 1 aliphatic heterocycles. The van der Waals surface area contributed by atoms with Gasteiger partial charge in [-0.2, -0.15) is 0 Å². The number of carbonyl (C=O) groups excluding carboxylic acids is 3. The highest BCUT2D eigenvalue weighted by Gasteiger charge is 2.64. The van der Waals surface area contributed by atoms with Crippen LogP contribution in [0, 0.1) is 11.8 Å². The number of phenolic OH excluding ortho intramolecular Hbond substituents is 1. The molecule has 0 bridgehead atoms. The first-order chi connectivity index (χ1) is 17.8. The molecule has 11 heteroatoms. The molecule has 204 valence electrons. The number of fused-ring (bicyclic) bond motifs is 3. The molecule has 1 amide bonds. The van der Waals surface area contributed by atoms with Gasteiger partial charge in [0, 0.05) is 36.9 Å². The second kappa shape index (κ2) is 8.82. The Morgan fingerprint density at radius 1 is 1.16 bits per heavy atom. The van der Waals surface area contributed by atoms with Crippen LogP contribution in [0.5, 0.6) is 5.75 Å². The number of benzene rings is 1. The lowest BCUT2D eigenvalue weighted by molar-refractivity contribution is -0.154. The molecule has 4 aliphatic rings. The summed E-state index contributed by atoms with van der Waals surface area (Å²) >= 11 is 0. The molecule has 0 aromatic heterocycles. The zero-order chi connectivity index (χ0) is 27.8. The van der Waals surface area contributed by atoms with Gasteiger partial charge >= 0.3 is 0 Å². The maximum absolute atomic E-state index is 13.9. The minimum absolute atomic E-state index is 0.0707. The van der Waals surface area contributed by atoms with Crippen LogP contribution in [0.1, 0.15) is 48.0 Å². The van der Waals surface area contributed by atoms with Gasteiger partial charge in [-0.1, -0.05) is 13.0 Å². The van der Waals surface area contributed by atoms with Crippen LogP contribution in [0.25, 0.3) is 0 Å². The number of rotatable bonds is 3. The van der Waals surface area contributed by atoms with E-state index in [1.54, 1.807) is 19.1 Å². The third kappa shape index (κ3) is 3.41. The monoisotopic (exact) mass is 527 g/mol. The number of anilines is 1. The predicted molar refractivity (Wildman–Crippen MR) is 136 cm³/mol. The van der Waals surface area contributed by atoms with E-state index < -0.39 is 76.0 Å². The maximum Gasteiger partial charge on any atom is 0.255 e. The number of likely N-dealkylation sites (tertiary alicyclic amines) is 1. The van der Waals surface area contributed by atoms with Crippen molar-refractivity contribution in [3.05, 3.63) is 45.9 Å². The molecule has 1 fully saturated rings. The number of ketones is 2. The van der Waals surface area contributed by atoms with Crippen LogP contribution in [0.15, 0.2) is 34.8 Å². The van der Waals surface area contributed by atoms with Gasteiger partial charge in [0.05, 0.1) is 17.4 Å². The van der Waals surface area contributed by atoms with Gasteiger partial charge in [-0.25, -0.2) is 0 Å². The zero-order valence-corrected chi connectivity index (χ0v) is 21.5. The number of hydrogen-bond donors (Lipinski definition) is 6. The lowest BCUT2D eigenvalue weighted by atomic mass is 9.56. The quantitative estimate of drug-likeness (QED) is 0.305. The van der Waals surface area contributed by atoms with E-state index in [4.69, 9.17) is 5.73 Å². The third-order valence-corrected chi connectivity index (χ3v) is 9.09. The van der Waals surface area contributed by atoms with Crippen molar-refractivity contribution in [3.63, 3.8) is 0 Å². The SMILES string of the molecule is C[C@H]1c2ccc(N(C)C3CCN(C)CC3)c(O)c2C(=O)C2=C(O)[C@]3(O)C(=O)C(C(N)=O)=C(O)C[C@@H]3[C@@H](O)[C@@H]21. The van der Waals surface area contributed by atoms with E-state index >= 15 is 0 Å². The average molecular weight is 528 g/mol. The number of piperidine rings is 1. The Bertz CT molecular complexity index is 1310. The molecule has 3 aliphatic carbocycles. The normalized spacial score (nSPS) is 32.1. The molecule has 5 atom stereocenters. The first kappa shape index (κ1) is 26.2. The summed E-state index contributed by atoms with van der Waals surface area (Å²) in [6.45, 7) is 3.50. The number of aliphatic hydroxyl groups is 4. The van der Waals surface area contributed by atoms with E-state index in [-0.39, 0.29) is 17.4 Å². The van der Waals surface area contributed by atoms with Crippen molar-refractivity contribution >= 4 is 23.2 Å². The molecular weight excluding hydrogens is 494 g/mol. The number of aliphatic hydroxyl groups excluding tert-OH is 3. The van der Waals surface area contributed by atoms with Crippen molar-refractivity contribution in [2.75, 3.05) is 32.1 Å². The Balaban J connectivity index is 1.63. The van der Waals surface area contributed by atoms with Gasteiger partial charge in [0.15, 0.2) is 11.4 Å². The minimum Gasteiger partial charge on any atom is -0.511 e. The highest BCUT2D eigenvalue weighted by Crippen LogP contribution is 2.55. The van der Waals surface area contributed by atoms with E-state index in [2.05, 4.69) is 4.90 Å². The fraction of sp³-hybridized carbons (Fsp3) is 0.519. The molecule has 0 radical (unpaired) electrons. The zero-order valence-electron chi connectivity index (χ0n) is 21.5. The highest BCUT2D eigenvalue weighted by molar-refractivity contribution is 6.24. The highest BCUT2D eigenvalue weighted by atomic mass is 16.4. The summed E-state index contributed by atoms with van der Waals surface area (Å²) in [5.41, 5.74) is 1.93. The Morgan fingerprint density at radius 2 is 1.79 bits per heavy atom. The fourth-order valence-corrected chi connectivity index (χ4v) is 6.85. The van der Waals surface area contributed by atoms with Crippen LogP contribution in [-0.2, 0) is 9.59 Å². The van der Waals surface area contributed by atoms with Crippen LogP contribution in [0.3, 0.4) is 0 Å². The molecule has 1 aromatic rings. The Labute approximate surface area is 219 Å². The lowest BCUT2D eigenvalue weighted by Gasteiger charge is -2.50. The number of phenols is 1. The molecule has 0 saturated carbocycles. The number of amides is 1. The van der Waals surface area contributed by atoms with Crippen LogP contribution in [0.2, 0.25) is 0 Å². The Kier molecular flexibility index (Phi) is 6.08. The molecule has 11 nitrogen and oxygen atoms in total. The van der Waals surface area contributed by atoms with E-state index in [1.165, 1.54) is 0 Å². The van der Waals surface area contributed by atoms with Gasteiger partial charge in [0.1, 0.15) is 22.8 Å². The Morgan fingerprint density at radius 3 is 2.39 bits per heavy atom. The average Bonchev–Trinajstić information content (AvgIpc) is 2.86. The van der Waals surface area contributed by atoms with Gasteiger partial charge in [-0.15, -0.1) is 0 Å². The first-order valence-electron chi connectivity index (χ1n) is 12.7. The summed E-state index contributed by atoms with van der Waals surface area (Å²) in [5.74, 6) is -8.55. The molecule has 38 heavy (non-hydrogen) atoms. The number of nitrogens with two attached hydrogens (primary N) is 1. The number of primary amides is 1. The van der Waals surface area contributed by atoms with Crippen molar-refractivity contribution < 1.29 is 39.9 Å². The number of aromatic hydroxyl groups is 1. The fourth-order valence-electron chi connectivity index (χ4n) is 6.85. The second-order valence-corrected chi connectivity index (χ2v) is 11.0. The molecule has 0 unspecified atom stereocenters. The molecule has 5 rings (SSSR count). The molecule has 1 saturated heterocycles. The first-order valence-corrected chi connectivity index (χ1v) is 12.7.